The highest BCUT2D eigenvalue weighted by atomic mass is 16.5. The minimum Gasteiger partial charge on any atom is -0.465 e. The van der Waals surface area contributed by atoms with Gasteiger partial charge >= 0.3 is 5.97 Å². The first kappa shape index (κ1) is 69.1. The molecule has 0 aromatic heterocycles. The highest BCUT2D eigenvalue weighted by molar-refractivity contribution is 5.76. The van der Waals surface area contributed by atoms with Gasteiger partial charge in [0.1, 0.15) is 0 Å². The molecule has 0 bridgehead atoms. The molecule has 0 radical (unpaired) electrons. The lowest BCUT2D eigenvalue weighted by molar-refractivity contribution is -0.143. The van der Waals surface area contributed by atoms with Gasteiger partial charge in [0, 0.05) is 12.8 Å². The lowest BCUT2D eigenvalue weighted by Crippen LogP contribution is -2.45. The van der Waals surface area contributed by atoms with Gasteiger partial charge in [-0.1, -0.05) is 314 Å². The third kappa shape index (κ3) is 57.2. The Labute approximate surface area is 443 Å². The summed E-state index contributed by atoms with van der Waals surface area (Å²) in [5, 5.41) is 23.2. The fraction of sp³-hybridized carbons (Fsp3) is 0.877. The first-order chi connectivity index (χ1) is 35.0. The molecule has 0 heterocycles. The normalized spacial score (nSPS) is 12.8. The largest absolute Gasteiger partial charge is 0.465 e. The number of allylic oxidation sites excluding steroid dienone is 4. The molecule has 0 fully saturated rings. The topological polar surface area (TPSA) is 95.9 Å². The van der Waals surface area contributed by atoms with Crippen LogP contribution in [0.15, 0.2) is 36.5 Å². The summed E-state index contributed by atoms with van der Waals surface area (Å²) in [7, 11) is 0. The Morgan fingerprint density at radius 3 is 1.07 bits per heavy atom. The fourth-order valence-electron chi connectivity index (χ4n) is 9.83. The van der Waals surface area contributed by atoms with Crippen LogP contribution in [0.4, 0.5) is 0 Å². The first-order valence-corrected chi connectivity index (χ1v) is 31.8. The van der Waals surface area contributed by atoms with Crippen LogP contribution in [0.25, 0.3) is 0 Å². The molecule has 0 spiro atoms. The summed E-state index contributed by atoms with van der Waals surface area (Å²) in [6.07, 6.45) is 76.3. The molecule has 6 heteroatoms. The van der Waals surface area contributed by atoms with Crippen molar-refractivity contribution in [2.75, 3.05) is 13.2 Å². The summed E-state index contributed by atoms with van der Waals surface area (Å²) in [6.45, 7) is 4.81. The van der Waals surface area contributed by atoms with Crippen molar-refractivity contribution in [2.45, 2.75) is 353 Å². The van der Waals surface area contributed by atoms with Crippen LogP contribution in [-0.4, -0.2) is 47.4 Å². The molecule has 0 aromatic carbocycles. The molecule has 0 aliphatic rings. The van der Waals surface area contributed by atoms with E-state index in [0.717, 1.165) is 51.4 Å². The van der Waals surface area contributed by atoms with E-state index in [0.29, 0.717) is 19.4 Å². The van der Waals surface area contributed by atoms with Crippen molar-refractivity contribution in [3.8, 4) is 0 Å². The van der Waals surface area contributed by atoms with Gasteiger partial charge in [0.2, 0.25) is 5.91 Å². The lowest BCUT2D eigenvalue weighted by atomic mass is 10.0. The van der Waals surface area contributed by atoms with Crippen molar-refractivity contribution in [3.63, 3.8) is 0 Å². The van der Waals surface area contributed by atoms with Crippen LogP contribution >= 0.6 is 0 Å². The quantitative estimate of drug-likeness (QED) is 0.0321. The van der Waals surface area contributed by atoms with Crippen LogP contribution in [0, 0.1) is 0 Å². The smallest absolute Gasteiger partial charge is 0.305 e. The van der Waals surface area contributed by atoms with Gasteiger partial charge in [0.15, 0.2) is 0 Å². The summed E-state index contributed by atoms with van der Waals surface area (Å²) in [6, 6.07) is -0.633. The average molecular weight is 999 g/mol. The molecule has 0 aromatic rings. The van der Waals surface area contributed by atoms with Gasteiger partial charge in [-0.25, -0.2) is 0 Å². The van der Waals surface area contributed by atoms with E-state index in [1.54, 1.807) is 6.08 Å². The van der Waals surface area contributed by atoms with E-state index in [1.165, 1.54) is 263 Å². The maximum absolute atomic E-state index is 12.5. The van der Waals surface area contributed by atoms with E-state index in [1.807, 2.05) is 6.08 Å². The van der Waals surface area contributed by atoms with Crippen molar-refractivity contribution in [2.24, 2.45) is 0 Å². The zero-order valence-corrected chi connectivity index (χ0v) is 47.7. The Balaban J connectivity index is 3.48. The van der Waals surface area contributed by atoms with Crippen LogP contribution < -0.4 is 5.32 Å². The minimum absolute atomic E-state index is 0.0349. The van der Waals surface area contributed by atoms with E-state index in [2.05, 4.69) is 43.5 Å². The molecule has 2 unspecified atom stereocenters. The number of hydrogen-bond donors (Lipinski definition) is 3. The Morgan fingerprint density at radius 1 is 0.394 bits per heavy atom. The van der Waals surface area contributed by atoms with Crippen LogP contribution in [0.2, 0.25) is 0 Å². The van der Waals surface area contributed by atoms with E-state index in [-0.39, 0.29) is 18.5 Å². The number of amides is 1. The predicted molar refractivity (Wildman–Crippen MR) is 310 cm³/mol. The van der Waals surface area contributed by atoms with Gasteiger partial charge in [0.05, 0.1) is 25.4 Å². The number of carbonyl (C=O) groups excluding carboxylic acids is 2. The molecular formula is C65H123NO5. The Bertz CT molecular complexity index is 1150. The number of nitrogens with one attached hydrogen (secondary N) is 1. The second-order valence-corrected chi connectivity index (χ2v) is 21.7. The molecule has 1 amide bonds. The second-order valence-electron chi connectivity index (χ2n) is 21.7. The van der Waals surface area contributed by atoms with Crippen LogP contribution in [0.5, 0.6) is 0 Å². The van der Waals surface area contributed by atoms with E-state index in [9.17, 15) is 19.8 Å². The molecule has 0 aliphatic heterocycles. The highest BCUT2D eigenvalue weighted by Gasteiger charge is 2.18. The zero-order chi connectivity index (χ0) is 51.4. The minimum atomic E-state index is -0.849. The van der Waals surface area contributed by atoms with E-state index < -0.39 is 12.1 Å². The van der Waals surface area contributed by atoms with Gasteiger partial charge in [-0.05, 0) is 51.4 Å². The van der Waals surface area contributed by atoms with Gasteiger partial charge in [-0.3, -0.25) is 9.59 Å². The third-order valence-electron chi connectivity index (χ3n) is 14.7. The second kappa shape index (κ2) is 60.6. The Morgan fingerprint density at radius 2 is 0.704 bits per heavy atom. The molecule has 3 N–H and O–H groups in total. The Kier molecular flexibility index (Phi) is 59.0. The molecule has 2 atom stereocenters. The third-order valence-corrected chi connectivity index (χ3v) is 14.7. The highest BCUT2D eigenvalue weighted by Crippen LogP contribution is 2.18. The standard InChI is InChI=1S/C65H123NO5/c1-3-5-7-9-11-13-15-17-18-19-20-22-25-28-31-34-37-41-45-49-53-57-63(68)62(61-67)66-64(69)58-54-50-46-42-38-35-32-29-26-23-21-24-27-30-33-36-40-44-48-52-56-60-71-65(70)59-55-51-47-43-39-16-14-12-10-8-6-4-2/h36,40,48,52-53,57,62-63,67-68H,3-35,37-39,41-47,49-51,54-56,58-61H2,1-2H3,(H,66,69)/b40-36-,52-48-,57-53+. The number of unbranched alkanes of at least 4 members (excludes halogenated alkanes) is 44. The van der Waals surface area contributed by atoms with Crippen LogP contribution in [0.1, 0.15) is 341 Å². The molecular weight excluding hydrogens is 875 g/mol. The molecule has 0 rings (SSSR count). The predicted octanol–water partition coefficient (Wildman–Crippen LogP) is 20.0. The summed E-state index contributed by atoms with van der Waals surface area (Å²) in [4.78, 5) is 24.5. The fourth-order valence-corrected chi connectivity index (χ4v) is 9.83. The summed E-state index contributed by atoms with van der Waals surface area (Å²) >= 11 is 0. The van der Waals surface area contributed by atoms with Crippen molar-refractivity contribution in [3.05, 3.63) is 36.5 Å². The molecule has 0 saturated carbocycles. The van der Waals surface area contributed by atoms with Crippen molar-refractivity contribution in [1.82, 2.24) is 5.32 Å². The van der Waals surface area contributed by atoms with Crippen LogP contribution in [0.3, 0.4) is 0 Å². The van der Waals surface area contributed by atoms with Gasteiger partial charge in [-0.15, -0.1) is 0 Å². The molecule has 71 heavy (non-hydrogen) atoms. The van der Waals surface area contributed by atoms with E-state index in [4.69, 9.17) is 4.74 Å². The van der Waals surface area contributed by atoms with Crippen molar-refractivity contribution < 1.29 is 24.5 Å². The number of carbonyl (C=O) groups is 2. The number of ether oxygens (including phenoxy) is 1. The number of aliphatic hydroxyl groups is 2. The Hall–Kier alpha value is -1.92. The monoisotopic (exact) mass is 998 g/mol. The molecule has 0 saturated heterocycles. The number of rotatable bonds is 59. The maximum atomic E-state index is 12.5. The van der Waals surface area contributed by atoms with Crippen molar-refractivity contribution in [1.29, 1.82) is 0 Å². The first-order valence-electron chi connectivity index (χ1n) is 31.8. The van der Waals surface area contributed by atoms with Gasteiger partial charge in [0.25, 0.3) is 0 Å². The summed E-state index contributed by atoms with van der Waals surface area (Å²) in [5.41, 5.74) is 0. The number of aliphatic hydroxyl groups excluding tert-OH is 2. The summed E-state index contributed by atoms with van der Waals surface area (Å²) < 4.78 is 5.41. The maximum Gasteiger partial charge on any atom is 0.305 e. The van der Waals surface area contributed by atoms with Gasteiger partial charge in [-0.2, -0.15) is 0 Å². The van der Waals surface area contributed by atoms with Crippen molar-refractivity contribution >= 4 is 11.9 Å². The average Bonchev–Trinajstić information content (AvgIpc) is 3.37. The van der Waals surface area contributed by atoms with Gasteiger partial charge < -0.3 is 20.3 Å². The molecule has 418 valence electrons. The SMILES string of the molecule is CCCCCCCCCCCCCCCCCCCCC/C=C/C(O)C(CO)NC(=O)CCCCCCCCCCCCCCCC/C=C\C/C=C\CCOC(=O)CCCCCCCCCCCCCC. The molecule has 0 aliphatic carbocycles. The van der Waals surface area contributed by atoms with E-state index >= 15 is 0 Å². The number of esters is 1. The number of hydrogen-bond acceptors (Lipinski definition) is 5. The summed E-state index contributed by atoms with van der Waals surface area (Å²) in [5.74, 6) is -0.105. The lowest BCUT2D eigenvalue weighted by Gasteiger charge is -2.20. The van der Waals surface area contributed by atoms with Crippen LogP contribution in [-0.2, 0) is 14.3 Å². The zero-order valence-electron chi connectivity index (χ0n) is 47.7. The molecule has 6 nitrogen and oxygen atoms in total.